The summed E-state index contributed by atoms with van der Waals surface area (Å²) < 4.78 is 16.9. The van der Waals surface area contributed by atoms with Crippen molar-refractivity contribution in [3.63, 3.8) is 0 Å². The number of aliphatic imine (C=N–C) groups is 1. The van der Waals surface area contributed by atoms with Crippen LogP contribution in [0.25, 0.3) is 0 Å². The van der Waals surface area contributed by atoms with Gasteiger partial charge < -0.3 is 24.8 Å². The second-order valence-electron chi connectivity index (χ2n) is 7.62. The molecule has 0 bridgehead atoms. The highest BCUT2D eigenvalue weighted by Gasteiger charge is 2.09. The van der Waals surface area contributed by atoms with Crippen LogP contribution in [0.4, 0.5) is 0 Å². The van der Waals surface area contributed by atoms with Crippen LogP contribution in [0.5, 0.6) is 5.75 Å². The maximum Gasteiger partial charge on any atom is 0.191 e. The molecule has 1 aliphatic heterocycles. The van der Waals surface area contributed by atoms with Gasteiger partial charge in [0.25, 0.3) is 0 Å². The van der Waals surface area contributed by atoms with Gasteiger partial charge in [0.05, 0.1) is 13.2 Å². The van der Waals surface area contributed by atoms with E-state index in [9.17, 15) is 0 Å². The molecular formula is C22H38N4O3. The lowest BCUT2D eigenvalue weighted by molar-refractivity contribution is 0.0322. The van der Waals surface area contributed by atoms with E-state index in [1.165, 1.54) is 0 Å². The Bertz CT molecular complexity index is 589. The quantitative estimate of drug-likeness (QED) is 0.315. The van der Waals surface area contributed by atoms with Gasteiger partial charge in [-0.2, -0.15) is 0 Å². The largest absolute Gasteiger partial charge is 0.492 e. The molecule has 0 radical (unpaired) electrons. The Labute approximate surface area is 175 Å². The van der Waals surface area contributed by atoms with Crippen molar-refractivity contribution in [1.29, 1.82) is 0 Å². The summed E-state index contributed by atoms with van der Waals surface area (Å²) in [6.45, 7) is 12.7. The van der Waals surface area contributed by atoms with Gasteiger partial charge >= 0.3 is 0 Å². The Kier molecular flexibility index (Phi) is 11.5. The summed E-state index contributed by atoms with van der Waals surface area (Å²) >= 11 is 0. The molecule has 0 amide bonds. The highest BCUT2D eigenvalue weighted by Crippen LogP contribution is 2.13. The number of benzene rings is 1. The van der Waals surface area contributed by atoms with Crippen LogP contribution < -0.4 is 15.4 Å². The fraction of sp³-hybridized carbons (Fsp3) is 0.682. The molecule has 0 spiro atoms. The summed E-state index contributed by atoms with van der Waals surface area (Å²) in [5, 5.41) is 6.68. The molecule has 1 aromatic rings. The highest BCUT2D eigenvalue weighted by atomic mass is 16.5. The van der Waals surface area contributed by atoms with Crippen LogP contribution in [0.3, 0.4) is 0 Å². The van der Waals surface area contributed by atoms with Crippen molar-refractivity contribution in [3.05, 3.63) is 29.8 Å². The maximum atomic E-state index is 5.93. The molecule has 164 valence electrons. The molecule has 1 fully saturated rings. The van der Waals surface area contributed by atoms with Crippen LogP contribution in [0, 0.1) is 5.92 Å². The zero-order valence-electron chi connectivity index (χ0n) is 18.3. The molecule has 0 aromatic heterocycles. The van der Waals surface area contributed by atoms with Gasteiger partial charge in [0, 0.05) is 53.0 Å². The summed E-state index contributed by atoms with van der Waals surface area (Å²) in [7, 11) is 1.79. The SMILES string of the molecule is CN=C(NCCCOCC(C)C)NCc1cccc(OCCN2CCOCC2)c1. The minimum atomic E-state index is 0.580. The molecule has 1 saturated heterocycles. The van der Waals surface area contributed by atoms with Crippen molar-refractivity contribution in [1.82, 2.24) is 15.5 Å². The average Bonchev–Trinajstić information content (AvgIpc) is 2.73. The van der Waals surface area contributed by atoms with E-state index in [0.717, 1.165) is 76.3 Å². The molecule has 7 nitrogen and oxygen atoms in total. The van der Waals surface area contributed by atoms with E-state index in [4.69, 9.17) is 14.2 Å². The molecule has 1 aromatic carbocycles. The lowest BCUT2D eigenvalue weighted by atomic mass is 10.2. The van der Waals surface area contributed by atoms with Crippen LogP contribution in [0.15, 0.2) is 29.3 Å². The first-order valence-corrected chi connectivity index (χ1v) is 10.7. The molecule has 2 N–H and O–H groups in total. The topological polar surface area (TPSA) is 67.4 Å². The Morgan fingerprint density at radius 3 is 2.79 bits per heavy atom. The summed E-state index contributed by atoms with van der Waals surface area (Å²) in [5.41, 5.74) is 1.16. The number of hydrogen-bond acceptors (Lipinski definition) is 5. The van der Waals surface area contributed by atoms with Crippen LogP contribution in [0.2, 0.25) is 0 Å². The van der Waals surface area contributed by atoms with Gasteiger partial charge in [-0.25, -0.2) is 0 Å². The number of ether oxygens (including phenoxy) is 3. The fourth-order valence-electron chi connectivity index (χ4n) is 2.97. The molecule has 0 aliphatic carbocycles. The highest BCUT2D eigenvalue weighted by molar-refractivity contribution is 5.79. The zero-order chi connectivity index (χ0) is 20.7. The third-order valence-corrected chi connectivity index (χ3v) is 4.57. The van der Waals surface area contributed by atoms with Crippen molar-refractivity contribution in [2.24, 2.45) is 10.9 Å². The Morgan fingerprint density at radius 2 is 2.03 bits per heavy atom. The molecule has 2 rings (SSSR count). The van der Waals surface area contributed by atoms with E-state index >= 15 is 0 Å². The third-order valence-electron chi connectivity index (χ3n) is 4.57. The van der Waals surface area contributed by atoms with E-state index in [1.54, 1.807) is 7.05 Å². The molecule has 1 aliphatic rings. The van der Waals surface area contributed by atoms with Crippen LogP contribution in [0.1, 0.15) is 25.8 Å². The van der Waals surface area contributed by atoms with Gasteiger partial charge in [-0.15, -0.1) is 0 Å². The zero-order valence-corrected chi connectivity index (χ0v) is 18.3. The molecule has 7 heteroatoms. The van der Waals surface area contributed by atoms with Crippen LogP contribution in [-0.4, -0.2) is 77.1 Å². The number of morpholine rings is 1. The molecule has 0 atom stereocenters. The number of hydrogen-bond donors (Lipinski definition) is 2. The van der Waals surface area contributed by atoms with E-state index in [0.29, 0.717) is 19.1 Å². The lowest BCUT2D eigenvalue weighted by Gasteiger charge is -2.26. The Balaban J connectivity index is 1.63. The lowest BCUT2D eigenvalue weighted by Crippen LogP contribution is -2.38. The third kappa shape index (κ3) is 10.5. The summed E-state index contributed by atoms with van der Waals surface area (Å²) in [4.78, 5) is 6.65. The average molecular weight is 407 g/mol. The van der Waals surface area contributed by atoms with E-state index in [1.807, 2.05) is 12.1 Å². The van der Waals surface area contributed by atoms with Crippen molar-refractivity contribution < 1.29 is 14.2 Å². The standard InChI is InChI=1S/C22H38N4O3/c1-19(2)18-28-12-5-8-24-22(23-3)25-17-20-6-4-7-21(16-20)29-15-11-26-9-13-27-14-10-26/h4,6-7,16,19H,5,8-15,17-18H2,1-3H3,(H2,23,24,25). The van der Waals surface area contributed by atoms with Gasteiger partial charge in [0.15, 0.2) is 5.96 Å². The van der Waals surface area contributed by atoms with Gasteiger partial charge in [-0.05, 0) is 30.0 Å². The maximum absolute atomic E-state index is 5.93. The van der Waals surface area contributed by atoms with Crippen molar-refractivity contribution >= 4 is 5.96 Å². The fourth-order valence-corrected chi connectivity index (χ4v) is 2.97. The first-order chi connectivity index (χ1) is 14.2. The van der Waals surface area contributed by atoms with Crippen LogP contribution in [-0.2, 0) is 16.0 Å². The minimum absolute atomic E-state index is 0.580. The van der Waals surface area contributed by atoms with Crippen molar-refractivity contribution in [3.8, 4) is 5.75 Å². The first-order valence-electron chi connectivity index (χ1n) is 10.7. The first kappa shape index (κ1) is 23.4. The monoisotopic (exact) mass is 406 g/mol. The summed E-state index contributed by atoms with van der Waals surface area (Å²) in [6, 6.07) is 8.21. The van der Waals surface area contributed by atoms with Gasteiger partial charge in [-0.3, -0.25) is 9.89 Å². The predicted molar refractivity (Wildman–Crippen MR) is 118 cm³/mol. The number of rotatable bonds is 12. The van der Waals surface area contributed by atoms with Crippen LogP contribution >= 0.6 is 0 Å². The van der Waals surface area contributed by atoms with Gasteiger partial charge in [-0.1, -0.05) is 26.0 Å². The molecule has 29 heavy (non-hydrogen) atoms. The number of nitrogens with one attached hydrogen (secondary N) is 2. The second-order valence-corrected chi connectivity index (χ2v) is 7.62. The van der Waals surface area contributed by atoms with Gasteiger partial charge in [0.2, 0.25) is 0 Å². The van der Waals surface area contributed by atoms with Crippen molar-refractivity contribution in [2.75, 3.05) is 66.3 Å². The molecule has 0 unspecified atom stereocenters. The minimum Gasteiger partial charge on any atom is -0.492 e. The smallest absolute Gasteiger partial charge is 0.191 e. The van der Waals surface area contributed by atoms with Gasteiger partial charge in [0.1, 0.15) is 12.4 Å². The summed E-state index contributed by atoms with van der Waals surface area (Å²) in [6.07, 6.45) is 0.958. The molecule has 0 saturated carbocycles. The van der Waals surface area contributed by atoms with E-state index in [-0.39, 0.29) is 0 Å². The normalized spacial score (nSPS) is 15.5. The number of guanidine groups is 1. The predicted octanol–water partition coefficient (Wildman–Crippen LogP) is 2.13. The Morgan fingerprint density at radius 1 is 1.21 bits per heavy atom. The van der Waals surface area contributed by atoms with E-state index < -0.39 is 0 Å². The molecule has 1 heterocycles. The Hall–Kier alpha value is -1.83. The summed E-state index contributed by atoms with van der Waals surface area (Å²) in [5.74, 6) is 2.28. The van der Waals surface area contributed by atoms with Crippen molar-refractivity contribution in [2.45, 2.75) is 26.8 Å². The van der Waals surface area contributed by atoms with E-state index in [2.05, 4.69) is 46.5 Å². The number of nitrogens with zero attached hydrogens (tertiary/aromatic N) is 2. The molecular weight excluding hydrogens is 368 g/mol. The second kappa shape index (κ2) is 14.2.